The molecule has 1 fully saturated rings. The Kier molecular flexibility index (Phi) is 11.4. The van der Waals surface area contributed by atoms with Crippen molar-refractivity contribution < 1.29 is 18.0 Å². The standard InChI is InChI=1S/C45H42N2O4S2/c1-35(37-24-28-44(29-25-37)53(48,49)43-20-12-5-13-21-43)46-51-31-30-50-41-26-22-36(23-27-41)32-42-33-47(34-52-42)45(38-14-6-2-7-15-38,39-16-8-3-9-17-39)40-18-10-4-11-19-40/h2-29,42H,30-34H2,1H3. The van der Waals surface area contributed by atoms with Crippen LogP contribution in [0.5, 0.6) is 5.75 Å². The van der Waals surface area contributed by atoms with E-state index in [9.17, 15) is 8.42 Å². The highest BCUT2D eigenvalue weighted by atomic mass is 32.2. The molecule has 0 aliphatic carbocycles. The maximum atomic E-state index is 12.9. The zero-order valence-electron chi connectivity index (χ0n) is 29.6. The van der Waals surface area contributed by atoms with Crippen molar-refractivity contribution in [2.24, 2.45) is 5.16 Å². The van der Waals surface area contributed by atoms with Crippen molar-refractivity contribution in [2.45, 2.75) is 33.9 Å². The lowest BCUT2D eigenvalue weighted by Crippen LogP contribution is -2.47. The van der Waals surface area contributed by atoms with E-state index in [0.717, 1.165) is 30.2 Å². The maximum Gasteiger partial charge on any atom is 0.206 e. The summed E-state index contributed by atoms with van der Waals surface area (Å²) in [6, 6.07) is 56.1. The Morgan fingerprint density at radius 3 is 1.74 bits per heavy atom. The molecule has 1 unspecified atom stereocenters. The van der Waals surface area contributed by atoms with Crippen LogP contribution in [0.2, 0.25) is 0 Å². The fourth-order valence-electron chi connectivity index (χ4n) is 6.98. The average Bonchev–Trinajstić information content (AvgIpc) is 3.68. The molecule has 8 heteroatoms. The maximum absolute atomic E-state index is 12.9. The van der Waals surface area contributed by atoms with E-state index in [0.29, 0.717) is 17.6 Å². The van der Waals surface area contributed by atoms with Crippen molar-refractivity contribution in [3.63, 3.8) is 0 Å². The minimum Gasteiger partial charge on any atom is -0.490 e. The average molecular weight is 739 g/mol. The highest BCUT2D eigenvalue weighted by Crippen LogP contribution is 2.46. The molecule has 6 aromatic rings. The van der Waals surface area contributed by atoms with Gasteiger partial charge in [-0.15, -0.1) is 11.8 Å². The van der Waals surface area contributed by atoms with E-state index in [1.54, 1.807) is 54.6 Å². The molecule has 0 N–H and O–H groups in total. The van der Waals surface area contributed by atoms with Crippen LogP contribution < -0.4 is 4.74 Å². The first kappa shape index (κ1) is 36.2. The Labute approximate surface area is 317 Å². The summed E-state index contributed by atoms with van der Waals surface area (Å²) in [5.74, 6) is 1.71. The molecule has 0 radical (unpaired) electrons. The minimum atomic E-state index is -3.57. The van der Waals surface area contributed by atoms with Crippen LogP contribution in [0.25, 0.3) is 0 Å². The van der Waals surface area contributed by atoms with Crippen molar-refractivity contribution in [2.75, 3.05) is 25.6 Å². The van der Waals surface area contributed by atoms with Gasteiger partial charge in [-0.2, -0.15) is 0 Å². The topological polar surface area (TPSA) is 68.2 Å². The monoisotopic (exact) mass is 738 g/mol. The van der Waals surface area contributed by atoms with Crippen LogP contribution in [0.15, 0.2) is 185 Å². The lowest BCUT2D eigenvalue weighted by molar-refractivity contribution is 0.107. The van der Waals surface area contributed by atoms with E-state index >= 15 is 0 Å². The smallest absolute Gasteiger partial charge is 0.206 e. The molecule has 0 aromatic heterocycles. The van der Waals surface area contributed by atoms with Crippen molar-refractivity contribution in [1.29, 1.82) is 0 Å². The van der Waals surface area contributed by atoms with Crippen LogP contribution in [-0.2, 0) is 26.6 Å². The van der Waals surface area contributed by atoms with Gasteiger partial charge >= 0.3 is 0 Å². The predicted molar refractivity (Wildman–Crippen MR) is 214 cm³/mol. The lowest BCUT2D eigenvalue weighted by atomic mass is 9.75. The summed E-state index contributed by atoms with van der Waals surface area (Å²) in [7, 11) is -3.57. The quantitative estimate of drug-likeness (QED) is 0.0481. The summed E-state index contributed by atoms with van der Waals surface area (Å²) in [6.45, 7) is 3.40. The molecule has 6 aromatic carbocycles. The first-order chi connectivity index (χ1) is 25.9. The SMILES string of the molecule is CC(=NOCCOc1ccc(CC2CN(C(c3ccccc3)(c3ccccc3)c3ccccc3)CS2)cc1)c1ccc(S(=O)(=O)c2ccccc2)cc1. The first-order valence-corrected chi connectivity index (χ1v) is 20.3. The predicted octanol–water partition coefficient (Wildman–Crippen LogP) is 9.25. The van der Waals surface area contributed by atoms with E-state index < -0.39 is 15.4 Å². The number of sulfone groups is 1. The summed E-state index contributed by atoms with van der Waals surface area (Å²) in [5, 5.41) is 4.65. The van der Waals surface area contributed by atoms with Crippen LogP contribution in [0, 0.1) is 0 Å². The number of hydrogen-bond acceptors (Lipinski definition) is 7. The summed E-state index contributed by atoms with van der Waals surface area (Å²) in [5.41, 5.74) is 6.13. The van der Waals surface area contributed by atoms with E-state index in [-0.39, 0.29) is 16.4 Å². The normalized spacial score (nSPS) is 15.3. The van der Waals surface area contributed by atoms with Gasteiger partial charge in [-0.3, -0.25) is 4.90 Å². The molecule has 1 heterocycles. The van der Waals surface area contributed by atoms with Crippen molar-refractivity contribution >= 4 is 27.3 Å². The zero-order chi connectivity index (χ0) is 36.5. The zero-order valence-corrected chi connectivity index (χ0v) is 31.3. The summed E-state index contributed by atoms with van der Waals surface area (Å²) in [4.78, 5) is 8.67. The number of ether oxygens (including phenoxy) is 1. The number of thioether (sulfide) groups is 1. The van der Waals surface area contributed by atoms with E-state index in [1.807, 2.05) is 30.8 Å². The Morgan fingerprint density at radius 2 is 1.19 bits per heavy atom. The van der Waals surface area contributed by atoms with Crippen molar-refractivity contribution in [3.8, 4) is 5.75 Å². The highest BCUT2D eigenvalue weighted by Gasteiger charge is 2.45. The van der Waals surface area contributed by atoms with Crippen LogP contribution in [0.4, 0.5) is 0 Å². The molecule has 0 amide bonds. The van der Waals surface area contributed by atoms with E-state index in [4.69, 9.17) is 9.57 Å². The largest absolute Gasteiger partial charge is 0.490 e. The molecule has 1 aliphatic heterocycles. The highest BCUT2D eigenvalue weighted by molar-refractivity contribution is 8.00. The molecule has 6 nitrogen and oxygen atoms in total. The van der Waals surface area contributed by atoms with Crippen LogP contribution >= 0.6 is 11.8 Å². The summed E-state index contributed by atoms with van der Waals surface area (Å²) >= 11 is 2.02. The van der Waals surface area contributed by atoms with Gasteiger partial charge in [0.05, 0.1) is 21.0 Å². The van der Waals surface area contributed by atoms with Gasteiger partial charge in [0.25, 0.3) is 0 Å². The van der Waals surface area contributed by atoms with Gasteiger partial charge in [-0.05, 0) is 77.6 Å². The Morgan fingerprint density at radius 1 is 0.679 bits per heavy atom. The number of oxime groups is 1. The Hall–Kier alpha value is -5.15. The van der Waals surface area contributed by atoms with Crippen LogP contribution in [0.1, 0.15) is 34.7 Å². The molecule has 1 saturated heterocycles. The van der Waals surface area contributed by atoms with Gasteiger partial charge in [0.2, 0.25) is 9.84 Å². The van der Waals surface area contributed by atoms with Gasteiger partial charge in [0, 0.05) is 17.7 Å². The fourth-order valence-corrected chi connectivity index (χ4v) is 9.54. The van der Waals surface area contributed by atoms with Crippen molar-refractivity contribution in [3.05, 3.63) is 198 Å². The lowest BCUT2D eigenvalue weighted by Gasteiger charge is -2.43. The van der Waals surface area contributed by atoms with Gasteiger partial charge in [-0.25, -0.2) is 8.42 Å². The molecule has 1 atom stereocenters. The second-order valence-electron chi connectivity index (χ2n) is 13.0. The number of rotatable bonds is 14. The molecular formula is C45H42N2O4S2. The third kappa shape index (κ3) is 8.10. The van der Waals surface area contributed by atoms with Crippen LogP contribution in [-0.4, -0.2) is 49.9 Å². The second-order valence-corrected chi connectivity index (χ2v) is 16.2. The van der Waals surface area contributed by atoms with Gasteiger partial charge in [0.1, 0.15) is 12.4 Å². The molecule has 53 heavy (non-hydrogen) atoms. The van der Waals surface area contributed by atoms with Gasteiger partial charge < -0.3 is 9.57 Å². The summed E-state index contributed by atoms with van der Waals surface area (Å²) < 4.78 is 31.7. The molecule has 0 saturated carbocycles. The van der Waals surface area contributed by atoms with Gasteiger partial charge in [0.15, 0.2) is 6.61 Å². The Balaban J connectivity index is 0.936. The number of nitrogens with zero attached hydrogens (tertiary/aromatic N) is 2. The van der Waals surface area contributed by atoms with Crippen molar-refractivity contribution in [1.82, 2.24) is 4.90 Å². The van der Waals surface area contributed by atoms with Gasteiger partial charge in [-0.1, -0.05) is 139 Å². The molecule has 0 bridgehead atoms. The van der Waals surface area contributed by atoms with E-state index in [2.05, 4.69) is 113 Å². The number of hydrogen-bond donors (Lipinski definition) is 0. The molecule has 268 valence electrons. The molecule has 0 spiro atoms. The molecule has 1 aliphatic rings. The molecular weight excluding hydrogens is 697 g/mol. The van der Waals surface area contributed by atoms with E-state index in [1.165, 1.54) is 22.3 Å². The molecule has 7 rings (SSSR count). The fraction of sp³-hybridized carbons (Fsp3) is 0.178. The third-order valence-corrected chi connectivity index (χ3v) is 12.6. The van der Waals surface area contributed by atoms with Crippen LogP contribution in [0.3, 0.4) is 0 Å². The minimum absolute atomic E-state index is 0.237. The first-order valence-electron chi connectivity index (χ1n) is 17.8. The Bertz CT molecular complexity index is 2100. The summed E-state index contributed by atoms with van der Waals surface area (Å²) in [6.07, 6.45) is 0.964. The third-order valence-electron chi connectivity index (χ3n) is 9.61. The number of benzene rings is 6. The second kappa shape index (κ2) is 16.7.